The first kappa shape index (κ1) is 79.3. The molecule has 0 saturated carbocycles. The molecule has 0 bridgehead atoms. The summed E-state index contributed by atoms with van der Waals surface area (Å²) >= 11 is 6.21. The molecule has 2 aliphatic heterocycles. The van der Waals surface area contributed by atoms with E-state index in [4.69, 9.17) is 45.0 Å². The van der Waals surface area contributed by atoms with Crippen molar-refractivity contribution in [3.8, 4) is 0 Å². The smallest absolute Gasteiger partial charge is 0.245 e. The van der Waals surface area contributed by atoms with Gasteiger partial charge in [0.25, 0.3) is 0 Å². The highest BCUT2D eigenvalue weighted by Crippen LogP contribution is 2.23. The molecule has 7 rings (SSSR count). The standard InChI is InChI=1S/C72H95ClN16O13/c1-42(2)34-54(64(94)81-53(18-10-28-79-72(77)78)71(101)89-29-11-19-60(89)70(100)80-43(3)62(76)92)83-66(96)57(36-45-20-22-47(23-21-45)40-88-30-32-102-33-31-88)85-68(98)58(39-61(75)91)86-69(99)59(41-90)87-67(97)56(35-44-12-5-4-6-13-44)84-65(95)55(37-46-24-26-50(73)27-25-46)82-63(93)52(74)38-49-16-9-15-48-14-7-8-17-51(48)49/h4-9,12-17,20-27,42-43,52-60,90H,10-11,18-19,28-41,74H2,1-3H3,(H2,75,91)(H2,76,92)(H,80,100)(H,81,94)(H,82,93)(H,83,96)(H,84,95)(H,85,98)(H,86,99)(H,87,97)(H4,77,78,79)/t43-,52-,53+,54+,55-,56-,57-,58+,59+,60+/m1/s1. The summed E-state index contributed by atoms with van der Waals surface area (Å²) in [6.07, 6.45) is -0.429. The zero-order valence-corrected chi connectivity index (χ0v) is 58.3. The molecule has 0 aliphatic carbocycles. The number of aliphatic hydroxyl groups is 1. The average molecular weight is 1430 g/mol. The molecular formula is C72H95ClN16O13. The lowest BCUT2D eigenvalue weighted by Gasteiger charge is -2.31. The van der Waals surface area contributed by atoms with E-state index in [1.54, 1.807) is 80.6 Å². The number of carbonyl (C=O) groups is 11. The van der Waals surface area contributed by atoms with Crippen molar-refractivity contribution in [1.82, 2.24) is 52.3 Å². The number of halogens is 1. The minimum atomic E-state index is -1.87. The maximum Gasteiger partial charge on any atom is 0.245 e. The number of primary amides is 2. The molecule has 10 atom stereocenters. The van der Waals surface area contributed by atoms with Gasteiger partial charge in [0, 0.05) is 57.0 Å². The Kier molecular flexibility index (Phi) is 30.5. The Morgan fingerprint density at radius 2 is 1.06 bits per heavy atom. The van der Waals surface area contributed by atoms with E-state index in [1.165, 1.54) is 11.8 Å². The number of ether oxygens (including phenoxy) is 1. The van der Waals surface area contributed by atoms with E-state index in [0.717, 1.165) is 21.9 Å². The van der Waals surface area contributed by atoms with Gasteiger partial charge in [-0.25, -0.2) is 0 Å². The Labute approximate surface area is 597 Å². The fraction of sp³-hybridized carbons (Fsp3) is 0.444. The second kappa shape index (κ2) is 39.2. The Morgan fingerprint density at radius 1 is 0.559 bits per heavy atom. The average Bonchev–Trinajstić information content (AvgIpc) is 1.34. The number of rotatable bonds is 37. The number of likely N-dealkylation sites (tertiary alicyclic amines) is 1. The summed E-state index contributed by atoms with van der Waals surface area (Å²) in [6.45, 7) is 7.24. The third kappa shape index (κ3) is 24.6. The van der Waals surface area contributed by atoms with Crippen LogP contribution in [0.2, 0.25) is 5.02 Å². The van der Waals surface area contributed by atoms with Gasteiger partial charge in [-0.05, 0) is 102 Å². The lowest BCUT2D eigenvalue weighted by molar-refractivity contribution is -0.142. The summed E-state index contributed by atoms with van der Waals surface area (Å²) in [7, 11) is 0. The molecule has 548 valence electrons. The summed E-state index contributed by atoms with van der Waals surface area (Å²) in [5.41, 5.74) is 32.2. The Balaban J connectivity index is 1.12. The molecule has 2 aliphatic rings. The Bertz CT molecular complexity index is 3740. The highest BCUT2D eigenvalue weighted by molar-refractivity contribution is 6.30. The van der Waals surface area contributed by atoms with Crippen LogP contribution >= 0.6 is 11.6 Å². The summed E-state index contributed by atoms with van der Waals surface area (Å²) in [5, 5.41) is 34.1. The van der Waals surface area contributed by atoms with Gasteiger partial charge in [0.1, 0.15) is 54.4 Å². The number of carbonyl (C=O) groups excluding carboxylic acids is 11. The van der Waals surface area contributed by atoms with E-state index >= 15 is 0 Å². The number of nitrogens with one attached hydrogen (secondary N) is 8. The molecule has 5 aromatic carbocycles. The van der Waals surface area contributed by atoms with Crippen LogP contribution in [0.25, 0.3) is 10.8 Å². The van der Waals surface area contributed by atoms with Crippen LogP contribution in [0, 0.1) is 5.92 Å². The van der Waals surface area contributed by atoms with Crippen LogP contribution in [0.4, 0.5) is 0 Å². The number of fused-ring (bicyclic) bond motifs is 1. The highest BCUT2D eigenvalue weighted by atomic mass is 35.5. The summed E-state index contributed by atoms with van der Waals surface area (Å²) in [5.74, 6) is -10.1. The number of guanidine groups is 1. The summed E-state index contributed by atoms with van der Waals surface area (Å²) < 4.78 is 5.51. The summed E-state index contributed by atoms with van der Waals surface area (Å²) in [4.78, 5) is 162. The van der Waals surface area contributed by atoms with Gasteiger partial charge >= 0.3 is 0 Å². The topological polar surface area (TPSA) is 462 Å². The minimum absolute atomic E-state index is 0.00388. The number of morpholine rings is 1. The van der Waals surface area contributed by atoms with Crippen molar-refractivity contribution in [2.75, 3.05) is 46.0 Å². The molecule has 102 heavy (non-hydrogen) atoms. The minimum Gasteiger partial charge on any atom is -0.394 e. The molecule has 2 heterocycles. The van der Waals surface area contributed by atoms with E-state index < -0.39 is 138 Å². The Hall–Kier alpha value is -10.1. The maximum atomic E-state index is 15.0. The van der Waals surface area contributed by atoms with Gasteiger partial charge in [-0.1, -0.05) is 135 Å². The molecule has 2 fully saturated rings. The second-order valence-corrected chi connectivity index (χ2v) is 26.5. The molecule has 0 radical (unpaired) electrons. The molecule has 0 unspecified atom stereocenters. The van der Waals surface area contributed by atoms with Gasteiger partial charge in [0.2, 0.25) is 65.0 Å². The van der Waals surface area contributed by atoms with Crippen molar-refractivity contribution in [2.24, 2.45) is 39.6 Å². The predicted molar refractivity (Wildman–Crippen MR) is 382 cm³/mol. The second-order valence-electron chi connectivity index (χ2n) is 26.1. The molecule has 30 heteroatoms. The van der Waals surface area contributed by atoms with Gasteiger partial charge in [-0.3, -0.25) is 62.6 Å². The SMILES string of the molecule is CC(C)C[C@H](NC(=O)[C@@H](Cc1ccc(CN2CCOCC2)cc1)NC(=O)[C@H](CC(N)=O)NC(=O)[C@H](CO)NC(=O)[C@@H](Cc1ccccc1)NC(=O)[C@@H](Cc1ccc(Cl)cc1)NC(=O)[C@H](N)Cc1cccc2ccccc12)C(=O)N[C@@H](CCCN=C(N)N)C(=O)N1CCC[C@H]1C(=O)N[C@H](C)C(N)=O. The number of hydrogen-bond acceptors (Lipinski definition) is 16. The first-order valence-electron chi connectivity index (χ1n) is 34.1. The first-order chi connectivity index (χ1) is 48.7. The fourth-order valence-corrected chi connectivity index (χ4v) is 12.2. The van der Waals surface area contributed by atoms with Gasteiger partial charge in [0.05, 0.1) is 32.3 Å². The van der Waals surface area contributed by atoms with E-state index in [2.05, 4.69) is 52.4 Å². The van der Waals surface area contributed by atoms with Crippen LogP contribution in [0.5, 0.6) is 0 Å². The third-order valence-corrected chi connectivity index (χ3v) is 17.8. The van der Waals surface area contributed by atoms with Crippen LogP contribution in [0.1, 0.15) is 87.1 Å². The van der Waals surface area contributed by atoms with E-state index in [0.29, 0.717) is 61.0 Å². The summed E-state index contributed by atoms with van der Waals surface area (Å²) in [6, 6.07) is 21.6. The number of benzene rings is 5. The van der Waals surface area contributed by atoms with E-state index in [1.807, 2.05) is 54.6 Å². The molecule has 0 aromatic heterocycles. The molecule has 5 aromatic rings. The number of nitrogens with two attached hydrogens (primary N) is 5. The highest BCUT2D eigenvalue weighted by Gasteiger charge is 2.40. The zero-order valence-electron chi connectivity index (χ0n) is 57.6. The van der Waals surface area contributed by atoms with Crippen molar-refractivity contribution in [2.45, 2.75) is 152 Å². The molecule has 29 nitrogen and oxygen atoms in total. The van der Waals surface area contributed by atoms with Crippen LogP contribution in [-0.2, 0) is 89.7 Å². The van der Waals surface area contributed by atoms with Crippen LogP contribution in [0.3, 0.4) is 0 Å². The van der Waals surface area contributed by atoms with E-state index in [9.17, 15) is 57.8 Å². The number of aliphatic hydroxyl groups excluding tert-OH is 1. The molecular weight excluding hydrogens is 1330 g/mol. The lowest BCUT2D eigenvalue weighted by atomic mass is 9.98. The number of aliphatic imine (C=N–C) groups is 1. The van der Waals surface area contributed by atoms with Gasteiger partial charge in [-0.15, -0.1) is 0 Å². The fourth-order valence-electron chi connectivity index (χ4n) is 12.0. The quantitative estimate of drug-likeness (QED) is 0.0132. The van der Waals surface area contributed by atoms with Crippen LogP contribution in [0.15, 0.2) is 126 Å². The molecule has 11 amide bonds. The third-order valence-electron chi connectivity index (χ3n) is 17.5. The van der Waals surface area contributed by atoms with Crippen molar-refractivity contribution < 1.29 is 62.6 Å². The number of nitrogens with zero attached hydrogens (tertiary/aromatic N) is 3. The van der Waals surface area contributed by atoms with Crippen LogP contribution in [-0.4, -0.2) is 192 Å². The monoisotopic (exact) mass is 1430 g/mol. The van der Waals surface area contributed by atoms with Crippen molar-refractivity contribution in [1.29, 1.82) is 0 Å². The van der Waals surface area contributed by atoms with Gasteiger partial charge < -0.3 is 85.9 Å². The van der Waals surface area contributed by atoms with Gasteiger partial charge in [0.15, 0.2) is 5.96 Å². The lowest BCUT2D eigenvalue weighted by Crippen LogP contribution is -2.61. The van der Waals surface area contributed by atoms with Gasteiger partial charge in [-0.2, -0.15) is 0 Å². The number of amides is 11. The maximum absolute atomic E-state index is 15.0. The largest absolute Gasteiger partial charge is 0.394 e. The Morgan fingerprint density at radius 3 is 1.65 bits per heavy atom. The predicted octanol–water partition coefficient (Wildman–Crippen LogP) is -0.735. The van der Waals surface area contributed by atoms with Crippen molar-refractivity contribution in [3.05, 3.63) is 154 Å². The number of hydrogen-bond donors (Lipinski definition) is 14. The normalized spacial score (nSPS) is 16.4. The first-order valence-corrected chi connectivity index (χ1v) is 34.5. The molecule has 2 saturated heterocycles. The molecule has 19 N–H and O–H groups in total. The van der Waals surface area contributed by atoms with Crippen LogP contribution < -0.4 is 71.2 Å². The van der Waals surface area contributed by atoms with Crippen molar-refractivity contribution >= 4 is 93.3 Å². The van der Waals surface area contributed by atoms with E-state index in [-0.39, 0.29) is 76.3 Å². The molecule has 0 spiro atoms. The van der Waals surface area contributed by atoms with Crippen molar-refractivity contribution in [3.63, 3.8) is 0 Å². The zero-order chi connectivity index (χ0) is 74.0.